The van der Waals surface area contributed by atoms with Crippen LogP contribution in [0.1, 0.15) is 24.8 Å². The average molecular weight is 350 g/mol. The predicted octanol–water partition coefficient (Wildman–Crippen LogP) is 3.36. The van der Waals surface area contributed by atoms with Gasteiger partial charge in [-0.15, -0.1) is 0 Å². The molecule has 4 rings (SSSR count). The minimum Gasteiger partial charge on any atom is -0.373 e. The number of carbonyl (C=O) groups is 2. The van der Waals surface area contributed by atoms with Gasteiger partial charge in [-0.25, -0.2) is 0 Å². The minimum absolute atomic E-state index is 0.0112. The molecular formula is C21H22N2O3. The lowest BCUT2D eigenvalue weighted by atomic mass is 10.0. The maximum Gasteiger partial charge on any atom is 0.244 e. The van der Waals surface area contributed by atoms with E-state index in [1.54, 1.807) is 4.90 Å². The summed E-state index contributed by atoms with van der Waals surface area (Å²) in [4.78, 5) is 26.8. The molecule has 5 heteroatoms. The highest BCUT2D eigenvalue weighted by molar-refractivity contribution is 6.10. The van der Waals surface area contributed by atoms with Crippen LogP contribution in [0.15, 0.2) is 54.6 Å². The fraction of sp³-hybridized carbons (Fsp3) is 0.333. The summed E-state index contributed by atoms with van der Waals surface area (Å²) in [7, 11) is 0. The Morgan fingerprint density at radius 3 is 2.69 bits per heavy atom. The van der Waals surface area contributed by atoms with Crippen LogP contribution in [0.3, 0.4) is 0 Å². The van der Waals surface area contributed by atoms with Crippen molar-refractivity contribution in [3.8, 4) is 0 Å². The standard InChI is InChI=1S/C21H22N2O3/c24-20-13-23(18-11-5-4-10-17(18)22-20)21(25)16-9-6-12-19(16)26-14-15-7-2-1-3-8-15/h1-5,7-8,10-11,16,19H,6,9,12-14H2,(H,22,24). The van der Waals surface area contributed by atoms with Crippen molar-refractivity contribution < 1.29 is 14.3 Å². The molecule has 2 unspecified atom stereocenters. The second-order valence-electron chi connectivity index (χ2n) is 6.86. The van der Waals surface area contributed by atoms with Crippen molar-refractivity contribution in [1.29, 1.82) is 0 Å². The van der Waals surface area contributed by atoms with Gasteiger partial charge in [0.1, 0.15) is 6.54 Å². The molecule has 2 atom stereocenters. The molecule has 1 aliphatic heterocycles. The molecule has 1 aliphatic carbocycles. The molecule has 2 aromatic rings. The van der Waals surface area contributed by atoms with Crippen LogP contribution in [0, 0.1) is 5.92 Å². The molecule has 2 aromatic carbocycles. The summed E-state index contributed by atoms with van der Waals surface area (Å²) in [5.41, 5.74) is 2.57. The highest BCUT2D eigenvalue weighted by atomic mass is 16.5. The van der Waals surface area contributed by atoms with Gasteiger partial charge in [0.2, 0.25) is 11.8 Å². The molecule has 0 aromatic heterocycles. The van der Waals surface area contributed by atoms with Crippen molar-refractivity contribution in [2.45, 2.75) is 32.0 Å². The van der Waals surface area contributed by atoms with Gasteiger partial charge in [-0.3, -0.25) is 9.59 Å². The van der Waals surface area contributed by atoms with Crippen LogP contribution in [-0.4, -0.2) is 24.5 Å². The lowest BCUT2D eigenvalue weighted by molar-refractivity contribution is -0.128. The van der Waals surface area contributed by atoms with Crippen molar-refractivity contribution in [2.75, 3.05) is 16.8 Å². The Bertz CT molecular complexity index is 806. The van der Waals surface area contributed by atoms with Crippen molar-refractivity contribution >= 4 is 23.2 Å². The highest BCUT2D eigenvalue weighted by Gasteiger charge is 2.39. The first-order chi connectivity index (χ1) is 12.7. The summed E-state index contributed by atoms with van der Waals surface area (Å²) < 4.78 is 6.08. The number of benzene rings is 2. The van der Waals surface area contributed by atoms with E-state index in [2.05, 4.69) is 5.32 Å². The normalized spacial score (nSPS) is 22.0. The first-order valence-corrected chi connectivity index (χ1v) is 9.08. The Kier molecular flexibility index (Phi) is 4.71. The second-order valence-corrected chi connectivity index (χ2v) is 6.86. The Morgan fingerprint density at radius 2 is 1.85 bits per heavy atom. The van der Waals surface area contributed by atoms with Gasteiger partial charge in [0.15, 0.2) is 0 Å². The molecular weight excluding hydrogens is 328 g/mol. The van der Waals surface area contributed by atoms with E-state index in [-0.39, 0.29) is 30.4 Å². The van der Waals surface area contributed by atoms with Crippen LogP contribution in [-0.2, 0) is 20.9 Å². The topological polar surface area (TPSA) is 58.6 Å². The third-order valence-electron chi connectivity index (χ3n) is 5.11. The van der Waals surface area contributed by atoms with Gasteiger partial charge >= 0.3 is 0 Å². The van der Waals surface area contributed by atoms with E-state index < -0.39 is 0 Å². The zero-order valence-electron chi connectivity index (χ0n) is 14.6. The number of fused-ring (bicyclic) bond motifs is 1. The van der Waals surface area contributed by atoms with E-state index in [4.69, 9.17) is 4.74 Å². The molecule has 1 saturated carbocycles. The van der Waals surface area contributed by atoms with Gasteiger partial charge in [-0.1, -0.05) is 42.5 Å². The van der Waals surface area contributed by atoms with Crippen LogP contribution >= 0.6 is 0 Å². The monoisotopic (exact) mass is 350 g/mol. The Hall–Kier alpha value is -2.66. The van der Waals surface area contributed by atoms with Crippen molar-refractivity contribution in [3.63, 3.8) is 0 Å². The fourth-order valence-electron chi connectivity index (χ4n) is 3.82. The second kappa shape index (κ2) is 7.30. The van der Waals surface area contributed by atoms with Crippen molar-refractivity contribution in [2.24, 2.45) is 5.92 Å². The third kappa shape index (κ3) is 3.35. The molecule has 0 bridgehead atoms. The Morgan fingerprint density at radius 1 is 1.08 bits per heavy atom. The number of nitrogens with one attached hydrogen (secondary N) is 1. The van der Waals surface area contributed by atoms with E-state index >= 15 is 0 Å². The first-order valence-electron chi connectivity index (χ1n) is 9.08. The molecule has 0 radical (unpaired) electrons. The van der Waals surface area contributed by atoms with Gasteiger partial charge in [0, 0.05) is 0 Å². The van der Waals surface area contributed by atoms with Gasteiger partial charge in [-0.05, 0) is 37.0 Å². The number of para-hydroxylation sites is 2. The molecule has 2 aliphatic rings. The number of anilines is 2. The van der Waals surface area contributed by atoms with Gasteiger partial charge in [0.05, 0.1) is 30.0 Å². The summed E-state index contributed by atoms with van der Waals surface area (Å²) in [5.74, 6) is -0.364. The van der Waals surface area contributed by atoms with E-state index in [0.29, 0.717) is 12.3 Å². The minimum atomic E-state index is -0.197. The zero-order chi connectivity index (χ0) is 17.9. The Balaban J connectivity index is 1.49. The van der Waals surface area contributed by atoms with Crippen molar-refractivity contribution in [1.82, 2.24) is 0 Å². The SMILES string of the molecule is O=C1CN(C(=O)C2CCCC2OCc2ccccc2)c2ccccc2N1. The smallest absolute Gasteiger partial charge is 0.244 e. The number of ether oxygens (including phenoxy) is 1. The van der Waals surface area contributed by atoms with Gasteiger partial charge in [0.25, 0.3) is 0 Å². The molecule has 2 amide bonds. The van der Waals surface area contributed by atoms with E-state index in [1.807, 2.05) is 54.6 Å². The molecule has 0 spiro atoms. The van der Waals surface area contributed by atoms with Crippen LogP contribution < -0.4 is 10.2 Å². The van der Waals surface area contributed by atoms with Crippen LogP contribution in [0.4, 0.5) is 11.4 Å². The summed E-state index contributed by atoms with van der Waals surface area (Å²) in [6.45, 7) is 0.574. The van der Waals surface area contributed by atoms with Gasteiger partial charge in [-0.2, -0.15) is 0 Å². The number of carbonyl (C=O) groups excluding carboxylic acids is 2. The van der Waals surface area contributed by atoms with E-state index in [1.165, 1.54) is 0 Å². The average Bonchev–Trinajstić information content (AvgIpc) is 3.14. The summed E-state index contributed by atoms with van der Waals surface area (Å²) in [6.07, 6.45) is 2.56. The summed E-state index contributed by atoms with van der Waals surface area (Å²) >= 11 is 0. The maximum absolute atomic E-state index is 13.2. The molecule has 0 saturated heterocycles. The van der Waals surface area contributed by atoms with Crippen LogP contribution in [0.5, 0.6) is 0 Å². The summed E-state index contributed by atoms with van der Waals surface area (Å²) in [6, 6.07) is 17.4. The van der Waals surface area contributed by atoms with Crippen LogP contribution in [0.25, 0.3) is 0 Å². The lowest BCUT2D eigenvalue weighted by Crippen LogP contribution is -2.46. The molecule has 1 fully saturated rings. The molecule has 134 valence electrons. The molecule has 26 heavy (non-hydrogen) atoms. The Labute approximate surface area is 153 Å². The van der Waals surface area contributed by atoms with E-state index in [0.717, 1.165) is 30.5 Å². The fourth-order valence-corrected chi connectivity index (χ4v) is 3.82. The van der Waals surface area contributed by atoms with Crippen LogP contribution in [0.2, 0.25) is 0 Å². The lowest BCUT2D eigenvalue weighted by Gasteiger charge is -2.32. The molecule has 5 nitrogen and oxygen atoms in total. The first kappa shape index (κ1) is 16.8. The number of hydrogen-bond acceptors (Lipinski definition) is 3. The number of nitrogens with zero attached hydrogens (tertiary/aromatic N) is 1. The maximum atomic E-state index is 13.2. The summed E-state index contributed by atoms with van der Waals surface area (Å²) in [5, 5.41) is 2.83. The number of rotatable bonds is 4. The third-order valence-corrected chi connectivity index (χ3v) is 5.11. The molecule has 1 N–H and O–H groups in total. The number of amides is 2. The largest absolute Gasteiger partial charge is 0.373 e. The molecule has 1 heterocycles. The van der Waals surface area contributed by atoms with Gasteiger partial charge < -0.3 is 15.0 Å². The highest BCUT2D eigenvalue weighted by Crippen LogP contribution is 2.35. The quantitative estimate of drug-likeness (QED) is 0.920. The number of hydrogen-bond donors (Lipinski definition) is 1. The van der Waals surface area contributed by atoms with E-state index in [9.17, 15) is 9.59 Å². The zero-order valence-corrected chi connectivity index (χ0v) is 14.6. The van der Waals surface area contributed by atoms with Crippen molar-refractivity contribution in [3.05, 3.63) is 60.2 Å². The predicted molar refractivity (Wildman–Crippen MR) is 99.8 cm³/mol.